The number of thiazole rings is 1. The molecule has 7 heteroatoms. The van der Waals surface area contributed by atoms with Crippen molar-refractivity contribution in [3.8, 4) is 0 Å². The SMILES string of the molecule is CC(C)(O)Cc1ncc(S(=O)(=O)Cl)s1. The van der Waals surface area contributed by atoms with E-state index < -0.39 is 14.7 Å². The molecule has 1 heterocycles. The van der Waals surface area contributed by atoms with E-state index in [1.165, 1.54) is 6.20 Å². The van der Waals surface area contributed by atoms with Gasteiger partial charge >= 0.3 is 0 Å². The van der Waals surface area contributed by atoms with E-state index in [1.54, 1.807) is 13.8 Å². The van der Waals surface area contributed by atoms with E-state index >= 15 is 0 Å². The maximum absolute atomic E-state index is 10.9. The molecule has 0 aliphatic carbocycles. The van der Waals surface area contributed by atoms with Crippen molar-refractivity contribution < 1.29 is 13.5 Å². The van der Waals surface area contributed by atoms with Crippen molar-refractivity contribution in [2.45, 2.75) is 30.1 Å². The summed E-state index contributed by atoms with van der Waals surface area (Å²) in [4.78, 5) is 3.86. The lowest BCUT2D eigenvalue weighted by Crippen LogP contribution is -2.21. The Balaban J connectivity index is 2.90. The molecule has 0 bridgehead atoms. The minimum absolute atomic E-state index is 0.0124. The van der Waals surface area contributed by atoms with Crippen molar-refractivity contribution in [2.75, 3.05) is 0 Å². The summed E-state index contributed by atoms with van der Waals surface area (Å²) in [6.07, 6.45) is 1.51. The molecule has 14 heavy (non-hydrogen) atoms. The Hall–Kier alpha value is -0.170. The summed E-state index contributed by atoms with van der Waals surface area (Å²) in [5, 5.41) is 10.0. The van der Waals surface area contributed by atoms with Crippen molar-refractivity contribution in [3.05, 3.63) is 11.2 Å². The van der Waals surface area contributed by atoms with Gasteiger partial charge in [0.25, 0.3) is 9.05 Å². The number of aromatic nitrogens is 1. The first-order valence-corrected chi connectivity index (χ1v) is 6.93. The van der Waals surface area contributed by atoms with Crippen LogP contribution in [0, 0.1) is 0 Å². The lowest BCUT2D eigenvalue weighted by atomic mass is 10.1. The van der Waals surface area contributed by atoms with Crippen molar-refractivity contribution in [1.29, 1.82) is 0 Å². The van der Waals surface area contributed by atoms with Crippen LogP contribution in [0.4, 0.5) is 0 Å². The van der Waals surface area contributed by atoms with Crippen molar-refractivity contribution >= 4 is 31.1 Å². The standard InChI is InChI=1S/C7H10ClNO3S2/c1-7(2,10)3-5-9-4-6(13-5)14(8,11)12/h4,10H,3H2,1-2H3. The molecule has 0 atom stereocenters. The third kappa shape index (κ3) is 3.53. The van der Waals surface area contributed by atoms with Crippen LogP contribution in [-0.2, 0) is 15.5 Å². The van der Waals surface area contributed by atoms with Gasteiger partial charge in [0.2, 0.25) is 0 Å². The van der Waals surface area contributed by atoms with Crippen LogP contribution in [0.15, 0.2) is 10.4 Å². The van der Waals surface area contributed by atoms with Gasteiger partial charge in [0.15, 0.2) is 4.21 Å². The molecule has 0 saturated carbocycles. The number of hydrogen-bond acceptors (Lipinski definition) is 5. The quantitative estimate of drug-likeness (QED) is 0.829. The maximum Gasteiger partial charge on any atom is 0.272 e. The van der Waals surface area contributed by atoms with Crippen LogP contribution >= 0.6 is 22.0 Å². The van der Waals surface area contributed by atoms with E-state index in [4.69, 9.17) is 10.7 Å². The predicted molar refractivity (Wildman–Crippen MR) is 55.2 cm³/mol. The highest BCUT2D eigenvalue weighted by atomic mass is 35.7. The van der Waals surface area contributed by atoms with Gasteiger partial charge in [0.05, 0.1) is 16.8 Å². The fraction of sp³-hybridized carbons (Fsp3) is 0.571. The molecule has 1 N–H and O–H groups in total. The summed E-state index contributed by atoms with van der Waals surface area (Å²) in [6, 6.07) is 0. The molecule has 80 valence electrons. The summed E-state index contributed by atoms with van der Waals surface area (Å²) in [5.74, 6) is 0. The first-order chi connectivity index (χ1) is 6.18. The number of aliphatic hydroxyl groups is 1. The highest BCUT2D eigenvalue weighted by molar-refractivity contribution is 8.15. The second-order valence-corrected chi connectivity index (χ2v) is 7.41. The highest BCUT2D eigenvalue weighted by Crippen LogP contribution is 2.24. The first-order valence-electron chi connectivity index (χ1n) is 3.80. The molecule has 0 aromatic carbocycles. The van der Waals surface area contributed by atoms with Crippen LogP contribution in [0.5, 0.6) is 0 Å². The normalized spacial score (nSPS) is 13.1. The molecule has 0 aliphatic heterocycles. The van der Waals surface area contributed by atoms with E-state index in [0.29, 0.717) is 11.4 Å². The molecular weight excluding hydrogens is 246 g/mol. The van der Waals surface area contributed by atoms with Crippen LogP contribution in [0.25, 0.3) is 0 Å². The molecule has 0 aliphatic rings. The maximum atomic E-state index is 10.9. The lowest BCUT2D eigenvalue weighted by molar-refractivity contribution is 0.0809. The number of hydrogen-bond donors (Lipinski definition) is 1. The average molecular weight is 256 g/mol. The summed E-state index contributed by atoms with van der Waals surface area (Å²) in [6.45, 7) is 3.26. The second-order valence-electron chi connectivity index (χ2n) is 3.50. The molecule has 1 aromatic heterocycles. The zero-order valence-electron chi connectivity index (χ0n) is 7.69. The lowest BCUT2D eigenvalue weighted by Gasteiger charge is -2.14. The topological polar surface area (TPSA) is 67.3 Å². The number of halogens is 1. The smallest absolute Gasteiger partial charge is 0.272 e. The fourth-order valence-electron chi connectivity index (χ4n) is 0.858. The average Bonchev–Trinajstić information content (AvgIpc) is 2.29. The molecule has 0 spiro atoms. The molecule has 4 nitrogen and oxygen atoms in total. The highest BCUT2D eigenvalue weighted by Gasteiger charge is 2.19. The minimum atomic E-state index is -3.69. The Morgan fingerprint density at radius 3 is 2.57 bits per heavy atom. The van der Waals surface area contributed by atoms with Gasteiger partial charge in [-0.25, -0.2) is 13.4 Å². The van der Waals surface area contributed by atoms with E-state index in [1.807, 2.05) is 0 Å². The molecule has 0 radical (unpaired) electrons. The molecule has 0 saturated heterocycles. The monoisotopic (exact) mass is 255 g/mol. The van der Waals surface area contributed by atoms with Gasteiger partial charge in [-0.3, -0.25) is 0 Å². The molecule has 0 amide bonds. The second kappa shape index (κ2) is 3.77. The molecule has 0 unspecified atom stereocenters. The van der Waals surface area contributed by atoms with E-state index in [-0.39, 0.29) is 4.21 Å². The van der Waals surface area contributed by atoms with E-state index in [2.05, 4.69) is 4.98 Å². The number of rotatable bonds is 3. The molecular formula is C7H10ClNO3S2. The Labute approximate surface area is 91.0 Å². The molecule has 1 aromatic rings. The summed E-state index contributed by atoms with van der Waals surface area (Å²) >= 11 is 0.976. The van der Waals surface area contributed by atoms with E-state index in [0.717, 1.165) is 11.3 Å². The Morgan fingerprint density at radius 1 is 1.64 bits per heavy atom. The molecule has 1 rings (SSSR count). The summed E-state index contributed by atoms with van der Waals surface area (Å²) in [5.41, 5.74) is -0.898. The van der Waals surface area contributed by atoms with Gasteiger partial charge in [0.1, 0.15) is 0 Å². The van der Waals surface area contributed by atoms with Crippen LogP contribution in [0.3, 0.4) is 0 Å². The van der Waals surface area contributed by atoms with Gasteiger partial charge in [-0.1, -0.05) is 0 Å². The van der Waals surface area contributed by atoms with Gasteiger partial charge in [-0.2, -0.15) is 0 Å². The third-order valence-electron chi connectivity index (χ3n) is 1.36. The Bertz CT molecular complexity index is 418. The van der Waals surface area contributed by atoms with Crippen LogP contribution in [-0.4, -0.2) is 24.1 Å². The minimum Gasteiger partial charge on any atom is -0.390 e. The van der Waals surface area contributed by atoms with Crippen LogP contribution < -0.4 is 0 Å². The summed E-state index contributed by atoms with van der Waals surface area (Å²) < 4.78 is 21.8. The summed E-state index contributed by atoms with van der Waals surface area (Å²) in [7, 11) is 1.43. The zero-order valence-corrected chi connectivity index (χ0v) is 10.1. The van der Waals surface area contributed by atoms with Crippen molar-refractivity contribution in [2.24, 2.45) is 0 Å². The fourth-order valence-corrected chi connectivity index (χ4v) is 2.99. The van der Waals surface area contributed by atoms with Gasteiger partial charge < -0.3 is 5.11 Å². The van der Waals surface area contributed by atoms with Crippen molar-refractivity contribution in [1.82, 2.24) is 4.98 Å². The molecule has 0 fully saturated rings. The van der Waals surface area contributed by atoms with Crippen LogP contribution in [0.2, 0.25) is 0 Å². The van der Waals surface area contributed by atoms with Crippen LogP contribution in [0.1, 0.15) is 18.9 Å². The Kier molecular flexibility index (Phi) is 3.20. The van der Waals surface area contributed by atoms with Gasteiger partial charge in [0, 0.05) is 17.1 Å². The largest absolute Gasteiger partial charge is 0.390 e. The third-order valence-corrected chi connectivity index (χ3v) is 4.42. The van der Waals surface area contributed by atoms with E-state index in [9.17, 15) is 13.5 Å². The Morgan fingerprint density at radius 2 is 2.21 bits per heavy atom. The van der Waals surface area contributed by atoms with Crippen molar-refractivity contribution in [3.63, 3.8) is 0 Å². The first kappa shape index (κ1) is 11.9. The zero-order chi connectivity index (χ0) is 11.0. The van der Waals surface area contributed by atoms with Gasteiger partial charge in [-0.05, 0) is 13.8 Å². The number of nitrogens with zero attached hydrogens (tertiary/aromatic N) is 1. The predicted octanol–water partition coefficient (Wildman–Crippen LogP) is 1.38. The van der Waals surface area contributed by atoms with Gasteiger partial charge in [-0.15, -0.1) is 11.3 Å².